The molecule has 170 valence electrons. The van der Waals surface area contributed by atoms with E-state index in [0.29, 0.717) is 22.2 Å². The number of benzene rings is 1. The van der Waals surface area contributed by atoms with Gasteiger partial charge in [-0.05, 0) is 61.1 Å². The van der Waals surface area contributed by atoms with Gasteiger partial charge in [0, 0.05) is 18.3 Å². The van der Waals surface area contributed by atoms with Crippen LogP contribution in [0.2, 0.25) is 0 Å². The number of hydrogen-bond donors (Lipinski definition) is 3. The van der Waals surface area contributed by atoms with Crippen molar-refractivity contribution in [2.24, 2.45) is 0 Å². The lowest BCUT2D eigenvalue weighted by molar-refractivity contribution is 0.0696. The zero-order valence-corrected chi connectivity index (χ0v) is 18.7. The number of nitrogens with one attached hydrogen (secondary N) is 1. The number of hydrogen-bond acceptors (Lipinski definition) is 5. The Kier molecular flexibility index (Phi) is 6.41. The van der Waals surface area contributed by atoms with Crippen LogP contribution >= 0.6 is 12.2 Å². The van der Waals surface area contributed by atoms with Gasteiger partial charge in [0.25, 0.3) is 0 Å². The first-order chi connectivity index (χ1) is 15.9. The van der Waals surface area contributed by atoms with E-state index in [2.05, 4.69) is 22.1 Å². The van der Waals surface area contributed by atoms with Crippen LogP contribution in [-0.4, -0.2) is 43.7 Å². The van der Waals surface area contributed by atoms with Gasteiger partial charge in [-0.3, -0.25) is 4.98 Å². The Labute approximate surface area is 195 Å². The summed E-state index contributed by atoms with van der Waals surface area (Å²) >= 11 is 5.61. The molecular formula is C24H23N3O5S. The minimum Gasteiger partial charge on any atom is -0.478 e. The predicted molar refractivity (Wildman–Crippen MR) is 125 cm³/mol. The van der Waals surface area contributed by atoms with Gasteiger partial charge in [0.1, 0.15) is 17.6 Å². The van der Waals surface area contributed by atoms with Crippen LogP contribution in [0.4, 0.5) is 0 Å². The molecule has 0 saturated carbocycles. The predicted octanol–water partition coefficient (Wildman–Crippen LogP) is 4.51. The smallest absolute Gasteiger partial charge is 0.335 e. The standard InChI is InChI=1S/C24H23N3O5S/c1-2-3-10-27-21(20(26-24(27)33)17-6-4-5-9-25-17)19-8-7-18(32-19)14-11-15(22(28)29)13-16(12-14)23(30)31/h4-9,11-13,20-21H,2-3,10H2,1H3,(H,26,33)(H,28,29)(H,30,31)/t20-,21+/m0/s1. The highest BCUT2D eigenvalue weighted by atomic mass is 32.1. The molecule has 3 N–H and O–H groups in total. The zero-order chi connectivity index (χ0) is 23.5. The SMILES string of the molecule is CCCCN1C(=S)N[C@@H](c2ccccn2)[C@H]1c1ccc(-c2cc(C(=O)O)cc(C(=O)O)c2)o1. The third-order valence-corrected chi connectivity index (χ3v) is 5.93. The van der Waals surface area contributed by atoms with Crippen molar-refractivity contribution < 1.29 is 24.2 Å². The number of carbonyl (C=O) groups is 2. The Bertz CT molecular complexity index is 1160. The summed E-state index contributed by atoms with van der Waals surface area (Å²) in [6.45, 7) is 2.85. The molecule has 1 aromatic carbocycles. The summed E-state index contributed by atoms with van der Waals surface area (Å²) in [5, 5.41) is 22.7. The van der Waals surface area contributed by atoms with Crippen LogP contribution in [0, 0.1) is 0 Å². The van der Waals surface area contributed by atoms with E-state index >= 15 is 0 Å². The molecule has 33 heavy (non-hydrogen) atoms. The van der Waals surface area contributed by atoms with Crippen molar-refractivity contribution in [1.29, 1.82) is 0 Å². The molecule has 0 aliphatic carbocycles. The molecule has 3 heterocycles. The molecule has 8 nitrogen and oxygen atoms in total. The lowest BCUT2D eigenvalue weighted by atomic mass is 10.0. The summed E-state index contributed by atoms with van der Waals surface area (Å²) in [7, 11) is 0. The molecule has 0 spiro atoms. The molecule has 3 aromatic rings. The Morgan fingerprint density at radius 1 is 1.12 bits per heavy atom. The van der Waals surface area contributed by atoms with E-state index in [-0.39, 0.29) is 23.2 Å². The van der Waals surface area contributed by atoms with Gasteiger partial charge in [-0.1, -0.05) is 19.4 Å². The lowest BCUT2D eigenvalue weighted by Gasteiger charge is -2.25. The molecule has 1 aliphatic rings. The highest BCUT2D eigenvalue weighted by Gasteiger charge is 2.41. The number of aromatic carboxylic acids is 2. The first-order valence-electron chi connectivity index (χ1n) is 10.6. The molecule has 0 unspecified atom stereocenters. The number of aromatic nitrogens is 1. The molecule has 1 fully saturated rings. The molecule has 0 bridgehead atoms. The Hall–Kier alpha value is -3.72. The highest BCUT2D eigenvalue weighted by molar-refractivity contribution is 7.80. The minimum absolute atomic E-state index is 0.123. The molecular weight excluding hydrogens is 442 g/mol. The van der Waals surface area contributed by atoms with Crippen LogP contribution in [0.25, 0.3) is 11.3 Å². The summed E-state index contributed by atoms with van der Waals surface area (Å²) < 4.78 is 6.18. The molecule has 2 aromatic heterocycles. The van der Waals surface area contributed by atoms with E-state index in [1.807, 2.05) is 24.3 Å². The number of thiocarbonyl (C=S) groups is 1. The van der Waals surface area contributed by atoms with Gasteiger partial charge in [-0.2, -0.15) is 0 Å². The van der Waals surface area contributed by atoms with Crippen molar-refractivity contribution in [2.45, 2.75) is 31.8 Å². The molecule has 9 heteroatoms. The number of nitrogens with zero attached hydrogens (tertiary/aromatic N) is 2. The van der Waals surface area contributed by atoms with E-state index in [9.17, 15) is 19.8 Å². The van der Waals surface area contributed by atoms with Gasteiger partial charge in [0.05, 0.1) is 22.9 Å². The van der Waals surface area contributed by atoms with Crippen molar-refractivity contribution in [3.05, 3.63) is 77.3 Å². The number of carboxylic acids is 2. The van der Waals surface area contributed by atoms with Crippen molar-refractivity contribution in [1.82, 2.24) is 15.2 Å². The fourth-order valence-corrected chi connectivity index (χ4v) is 4.30. The first kappa shape index (κ1) is 22.5. The molecule has 4 rings (SSSR count). The summed E-state index contributed by atoms with van der Waals surface area (Å²) in [6, 6.07) is 12.7. The number of carboxylic acid groups (broad SMARTS) is 2. The van der Waals surface area contributed by atoms with E-state index in [1.54, 1.807) is 12.3 Å². The normalized spacial score (nSPS) is 17.7. The van der Waals surface area contributed by atoms with E-state index < -0.39 is 11.9 Å². The first-order valence-corrected chi connectivity index (χ1v) is 11.0. The summed E-state index contributed by atoms with van der Waals surface area (Å²) in [4.78, 5) is 29.6. The minimum atomic E-state index is -1.21. The number of pyridine rings is 1. The van der Waals surface area contributed by atoms with Crippen molar-refractivity contribution in [3.63, 3.8) is 0 Å². The summed E-state index contributed by atoms with van der Waals surface area (Å²) in [5.41, 5.74) is 0.953. The number of rotatable bonds is 8. The topological polar surface area (TPSA) is 116 Å². The van der Waals surface area contributed by atoms with Gasteiger partial charge >= 0.3 is 11.9 Å². The maximum Gasteiger partial charge on any atom is 0.335 e. The second kappa shape index (κ2) is 9.41. The summed E-state index contributed by atoms with van der Waals surface area (Å²) in [5.74, 6) is -1.42. The molecule has 1 aliphatic heterocycles. The fourth-order valence-electron chi connectivity index (χ4n) is 3.97. The number of unbranched alkanes of at least 4 members (excludes halogenated alkanes) is 1. The summed E-state index contributed by atoms with van der Waals surface area (Å²) in [6.07, 6.45) is 3.68. The van der Waals surface area contributed by atoms with Gasteiger partial charge in [-0.25, -0.2) is 9.59 Å². The van der Waals surface area contributed by atoms with Crippen LogP contribution in [0.15, 0.2) is 59.1 Å². The quantitative estimate of drug-likeness (QED) is 0.413. The second-order valence-electron chi connectivity index (χ2n) is 7.78. The second-order valence-corrected chi connectivity index (χ2v) is 8.17. The zero-order valence-electron chi connectivity index (χ0n) is 17.9. The van der Waals surface area contributed by atoms with Crippen LogP contribution in [0.3, 0.4) is 0 Å². The Morgan fingerprint density at radius 3 is 2.45 bits per heavy atom. The van der Waals surface area contributed by atoms with Crippen LogP contribution in [-0.2, 0) is 0 Å². The van der Waals surface area contributed by atoms with Crippen LogP contribution in [0.1, 0.15) is 64.0 Å². The van der Waals surface area contributed by atoms with Gasteiger partial charge in [-0.15, -0.1) is 0 Å². The van der Waals surface area contributed by atoms with Gasteiger partial charge in [0.2, 0.25) is 0 Å². The van der Waals surface area contributed by atoms with Crippen molar-refractivity contribution in [2.75, 3.05) is 6.54 Å². The molecule has 1 saturated heterocycles. The molecule has 2 atom stereocenters. The monoisotopic (exact) mass is 465 g/mol. The third kappa shape index (κ3) is 4.58. The van der Waals surface area contributed by atoms with Crippen LogP contribution < -0.4 is 5.32 Å². The van der Waals surface area contributed by atoms with Crippen molar-refractivity contribution >= 4 is 29.3 Å². The fraction of sp³-hybridized carbons (Fsp3) is 0.250. The van der Waals surface area contributed by atoms with E-state index in [0.717, 1.165) is 31.1 Å². The maximum absolute atomic E-state index is 11.5. The average Bonchev–Trinajstić information content (AvgIpc) is 3.42. The number of furan rings is 1. The largest absolute Gasteiger partial charge is 0.478 e. The van der Waals surface area contributed by atoms with Gasteiger partial charge in [0.15, 0.2) is 5.11 Å². The average molecular weight is 466 g/mol. The third-order valence-electron chi connectivity index (χ3n) is 5.58. The van der Waals surface area contributed by atoms with E-state index in [4.69, 9.17) is 16.6 Å². The van der Waals surface area contributed by atoms with Crippen molar-refractivity contribution in [3.8, 4) is 11.3 Å². The van der Waals surface area contributed by atoms with Crippen LogP contribution in [0.5, 0.6) is 0 Å². The Balaban J connectivity index is 1.75. The maximum atomic E-state index is 11.5. The van der Waals surface area contributed by atoms with Gasteiger partial charge < -0.3 is 24.8 Å². The molecule has 0 amide bonds. The highest BCUT2D eigenvalue weighted by Crippen LogP contribution is 2.40. The molecule has 0 radical (unpaired) electrons. The lowest BCUT2D eigenvalue weighted by Crippen LogP contribution is -2.30. The Morgan fingerprint density at radius 2 is 1.85 bits per heavy atom. The van der Waals surface area contributed by atoms with E-state index in [1.165, 1.54) is 12.1 Å².